The van der Waals surface area contributed by atoms with Gasteiger partial charge in [0.2, 0.25) is 0 Å². The molecule has 0 saturated heterocycles. The molecular weight excluding hydrogens is 262 g/mol. The van der Waals surface area contributed by atoms with Gasteiger partial charge in [-0.05, 0) is 25.0 Å². The Morgan fingerprint density at radius 2 is 2.05 bits per heavy atom. The lowest BCUT2D eigenvalue weighted by atomic mass is 9.82. The molecule has 0 aliphatic heterocycles. The SMILES string of the molecule is Cn1c(C(C#N)C(=O)C2CCCCC2)nc2ccccc21. The van der Waals surface area contributed by atoms with Crippen LogP contribution in [0.5, 0.6) is 0 Å². The highest BCUT2D eigenvalue weighted by atomic mass is 16.1. The number of nitrogens with zero attached hydrogens (tertiary/aromatic N) is 3. The molecule has 1 aromatic heterocycles. The molecule has 1 saturated carbocycles. The Kier molecular flexibility index (Phi) is 3.74. The number of ketones is 1. The van der Waals surface area contributed by atoms with Gasteiger partial charge in [0.05, 0.1) is 17.1 Å². The number of rotatable bonds is 3. The van der Waals surface area contributed by atoms with Crippen molar-refractivity contribution in [1.29, 1.82) is 5.26 Å². The summed E-state index contributed by atoms with van der Waals surface area (Å²) in [6, 6.07) is 9.93. The number of aryl methyl sites for hydroxylation is 1. The monoisotopic (exact) mass is 281 g/mol. The first-order valence-corrected chi connectivity index (χ1v) is 7.57. The highest BCUT2D eigenvalue weighted by Crippen LogP contribution is 2.30. The average Bonchev–Trinajstić information content (AvgIpc) is 2.86. The van der Waals surface area contributed by atoms with Crippen molar-refractivity contribution in [2.24, 2.45) is 13.0 Å². The van der Waals surface area contributed by atoms with E-state index in [0.29, 0.717) is 5.82 Å². The summed E-state index contributed by atoms with van der Waals surface area (Å²) >= 11 is 0. The molecule has 0 spiro atoms. The molecule has 4 heteroatoms. The summed E-state index contributed by atoms with van der Waals surface area (Å²) in [5.41, 5.74) is 1.80. The molecule has 0 amide bonds. The number of carbonyl (C=O) groups is 1. The molecule has 0 bridgehead atoms. The Labute approximate surface area is 124 Å². The molecular formula is C17H19N3O. The standard InChI is InChI=1S/C17H19N3O/c1-20-15-10-6-5-9-14(15)19-17(20)13(11-18)16(21)12-7-3-2-4-8-12/h5-6,9-10,12-13H,2-4,7-8H2,1H3. The molecule has 1 atom stereocenters. The smallest absolute Gasteiger partial charge is 0.163 e. The van der Waals surface area contributed by atoms with Gasteiger partial charge in [0, 0.05) is 13.0 Å². The van der Waals surface area contributed by atoms with E-state index in [4.69, 9.17) is 0 Å². The van der Waals surface area contributed by atoms with Gasteiger partial charge in [0.1, 0.15) is 5.82 Å². The quantitative estimate of drug-likeness (QED) is 0.867. The lowest BCUT2D eigenvalue weighted by molar-refractivity contribution is -0.124. The van der Waals surface area contributed by atoms with Gasteiger partial charge in [0.15, 0.2) is 11.7 Å². The molecule has 0 N–H and O–H groups in total. The summed E-state index contributed by atoms with van der Waals surface area (Å²) < 4.78 is 1.88. The minimum atomic E-state index is -0.745. The highest BCUT2D eigenvalue weighted by molar-refractivity contribution is 5.90. The van der Waals surface area contributed by atoms with Crippen LogP contribution in [-0.2, 0) is 11.8 Å². The highest BCUT2D eigenvalue weighted by Gasteiger charge is 2.32. The summed E-state index contributed by atoms with van der Waals surface area (Å²) in [6.07, 6.45) is 5.23. The van der Waals surface area contributed by atoms with Gasteiger partial charge in [-0.1, -0.05) is 31.4 Å². The van der Waals surface area contributed by atoms with E-state index in [1.807, 2.05) is 35.9 Å². The fraction of sp³-hybridized carbons (Fsp3) is 0.471. The Bertz CT molecular complexity index is 704. The summed E-state index contributed by atoms with van der Waals surface area (Å²) in [6.45, 7) is 0. The molecule has 3 rings (SSSR count). The minimum absolute atomic E-state index is 0.0308. The van der Waals surface area contributed by atoms with Crippen molar-refractivity contribution < 1.29 is 4.79 Å². The molecule has 2 aromatic rings. The largest absolute Gasteiger partial charge is 0.330 e. The fourth-order valence-corrected chi connectivity index (χ4v) is 3.29. The second kappa shape index (κ2) is 5.69. The lowest BCUT2D eigenvalue weighted by Crippen LogP contribution is -2.25. The van der Waals surface area contributed by atoms with Gasteiger partial charge in [-0.25, -0.2) is 4.98 Å². The topological polar surface area (TPSA) is 58.7 Å². The molecule has 1 fully saturated rings. The summed E-state index contributed by atoms with van der Waals surface area (Å²) in [5, 5.41) is 9.51. The molecule has 4 nitrogen and oxygen atoms in total. The number of para-hydroxylation sites is 2. The van der Waals surface area contributed by atoms with Gasteiger partial charge >= 0.3 is 0 Å². The average molecular weight is 281 g/mol. The molecule has 0 radical (unpaired) electrons. The zero-order valence-corrected chi connectivity index (χ0v) is 12.2. The van der Waals surface area contributed by atoms with Gasteiger partial charge in [-0.2, -0.15) is 5.26 Å². The zero-order valence-electron chi connectivity index (χ0n) is 12.2. The number of fused-ring (bicyclic) bond motifs is 1. The van der Waals surface area contributed by atoms with Crippen LogP contribution in [-0.4, -0.2) is 15.3 Å². The third kappa shape index (κ3) is 2.44. The first-order chi connectivity index (χ1) is 10.2. The van der Waals surface area contributed by atoms with Crippen LogP contribution in [0.3, 0.4) is 0 Å². The Morgan fingerprint density at radius 3 is 2.71 bits per heavy atom. The predicted molar refractivity (Wildman–Crippen MR) is 80.7 cm³/mol. The third-order valence-corrected chi connectivity index (χ3v) is 4.50. The first-order valence-electron chi connectivity index (χ1n) is 7.57. The lowest BCUT2D eigenvalue weighted by Gasteiger charge is -2.22. The van der Waals surface area contributed by atoms with E-state index in [1.54, 1.807) is 0 Å². The molecule has 108 valence electrons. The van der Waals surface area contributed by atoms with Crippen molar-refractivity contribution in [3.05, 3.63) is 30.1 Å². The number of aromatic nitrogens is 2. The fourth-order valence-electron chi connectivity index (χ4n) is 3.29. The van der Waals surface area contributed by atoms with Crippen molar-refractivity contribution in [1.82, 2.24) is 9.55 Å². The maximum absolute atomic E-state index is 12.7. The van der Waals surface area contributed by atoms with Gasteiger partial charge < -0.3 is 4.57 Å². The van der Waals surface area contributed by atoms with Crippen LogP contribution in [0.25, 0.3) is 11.0 Å². The van der Waals surface area contributed by atoms with Crippen molar-refractivity contribution >= 4 is 16.8 Å². The van der Waals surface area contributed by atoms with Crippen molar-refractivity contribution in [3.8, 4) is 6.07 Å². The van der Waals surface area contributed by atoms with E-state index in [1.165, 1.54) is 6.42 Å². The van der Waals surface area contributed by atoms with Crippen LogP contribution >= 0.6 is 0 Å². The number of hydrogen-bond acceptors (Lipinski definition) is 3. The van der Waals surface area contributed by atoms with E-state index >= 15 is 0 Å². The Hall–Kier alpha value is -2.15. The summed E-state index contributed by atoms with van der Waals surface area (Å²) in [7, 11) is 1.88. The van der Waals surface area contributed by atoms with Gasteiger partial charge in [0.25, 0.3) is 0 Å². The number of nitriles is 1. The second-order valence-corrected chi connectivity index (χ2v) is 5.82. The van der Waals surface area contributed by atoms with E-state index < -0.39 is 5.92 Å². The molecule has 1 unspecified atom stereocenters. The third-order valence-electron chi connectivity index (χ3n) is 4.50. The van der Waals surface area contributed by atoms with Crippen LogP contribution in [0.1, 0.15) is 43.8 Å². The normalized spacial score (nSPS) is 17.5. The van der Waals surface area contributed by atoms with Crippen LogP contribution in [0, 0.1) is 17.2 Å². The van der Waals surface area contributed by atoms with Crippen molar-refractivity contribution in [2.75, 3.05) is 0 Å². The number of carbonyl (C=O) groups excluding carboxylic acids is 1. The summed E-state index contributed by atoms with van der Waals surface area (Å²) in [4.78, 5) is 17.2. The van der Waals surface area contributed by atoms with Crippen LogP contribution in [0.15, 0.2) is 24.3 Å². The van der Waals surface area contributed by atoms with Gasteiger partial charge in [-0.15, -0.1) is 0 Å². The Morgan fingerprint density at radius 1 is 1.33 bits per heavy atom. The molecule has 21 heavy (non-hydrogen) atoms. The summed E-state index contributed by atoms with van der Waals surface area (Å²) in [5.74, 6) is -0.0846. The molecule has 1 aliphatic carbocycles. The maximum atomic E-state index is 12.7. The zero-order chi connectivity index (χ0) is 14.8. The first kappa shape index (κ1) is 13.8. The number of hydrogen-bond donors (Lipinski definition) is 0. The molecule has 1 heterocycles. The van der Waals surface area contributed by atoms with E-state index in [0.717, 1.165) is 36.7 Å². The van der Waals surface area contributed by atoms with Crippen LogP contribution in [0.4, 0.5) is 0 Å². The maximum Gasteiger partial charge on any atom is 0.163 e. The van der Waals surface area contributed by atoms with Gasteiger partial charge in [-0.3, -0.25) is 4.79 Å². The second-order valence-electron chi connectivity index (χ2n) is 5.82. The number of imidazole rings is 1. The predicted octanol–water partition coefficient (Wildman–Crippen LogP) is 3.33. The number of Topliss-reactive ketones (excluding diaryl/α,β-unsaturated/α-hetero) is 1. The van der Waals surface area contributed by atoms with E-state index in [-0.39, 0.29) is 11.7 Å². The minimum Gasteiger partial charge on any atom is -0.330 e. The number of benzene rings is 1. The van der Waals surface area contributed by atoms with E-state index in [9.17, 15) is 10.1 Å². The van der Waals surface area contributed by atoms with Crippen LogP contribution in [0.2, 0.25) is 0 Å². The van der Waals surface area contributed by atoms with Crippen molar-refractivity contribution in [3.63, 3.8) is 0 Å². The Balaban J connectivity index is 1.96. The molecule has 1 aromatic carbocycles. The molecule has 1 aliphatic rings. The van der Waals surface area contributed by atoms with E-state index in [2.05, 4.69) is 11.1 Å². The van der Waals surface area contributed by atoms with Crippen molar-refractivity contribution in [2.45, 2.75) is 38.0 Å². The van der Waals surface area contributed by atoms with Crippen LogP contribution < -0.4 is 0 Å².